The highest BCUT2D eigenvalue weighted by Crippen LogP contribution is 2.36. The number of hydrogen-bond acceptors (Lipinski definition) is 6. The third-order valence-electron chi connectivity index (χ3n) is 8.92. The van der Waals surface area contributed by atoms with Crippen LogP contribution in [0.15, 0.2) is 140 Å². The molecule has 6 heteroatoms. The molecule has 9 rings (SSSR count). The molecule has 0 spiro atoms. The van der Waals surface area contributed by atoms with Gasteiger partial charge in [-0.25, -0.2) is 19.9 Å². The summed E-state index contributed by atoms with van der Waals surface area (Å²) >= 11 is 0. The van der Waals surface area contributed by atoms with Crippen molar-refractivity contribution in [2.45, 2.75) is 0 Å². The molecule has 2 heterocycles. The fraction of sp³-hybridized carbons (Fsp3) is 0. The summed E-state index contributed by atoms with van der Waals surface area (Å²) in [6.07, 6.45) is 3.57. The minimum absolute atomic E-state index is 0.176. The predicted molar refractivity (Wildman–Crippen MR) is 195 cm³/mol. The summed E-state index contributed by atoms with van der Waals surface area (Å²) in [7, 11) is 0. The molecule has 2 aromatic heterocycles. The van der Waals surface area contributed by atoms with Gasteiger partial charge in [0.2, 0.25) is 0 Å². The lowest BCUT2D eigenvalue weighted by Gasteiger charge is -2.19. The number of nitrogens with one attached hydrogen (secondary N) is 2. The van der Waals surface area contributed by atoms with Crippen molar-refractivity contribution < 1.29 is 0 Å². The SMILES string of the molecule is N=C1C=Cc2c(-c3ccccc3)nc3cc(-c4nc(-c5ccc6ccccc6c5)nc(-c5ccc6ccccc6c5)n4)ccc3c2C1=N. The van der Waals surface area contributed by atoms with Gasteiger partial charge >= 0.3 is 0 Å². The molecule has 48 heavy (non-hydrogen) atoms. The lowest BCUT2D eigenvalue weighted by Crippen LogP contribution is -2.17. The second-order valence-corrected chi connectivity index (χ2v) is 11.9. The minimum atomic E-state index is 0.176. The molecule has 0 unspecified atom stereocenters. The highest BCUT2D eigenvalue weighted by atomic mass is 15.0. The van der Waals surface area contributed by atoms with Gasteiger partial charge in [-0.3, -0.25) is 10.8 Å². The van der Waals surface area contributed by atoms with E-state index in [9.17, 15) is 0 Å². The fourth-order valence-electron chi connectivity index (χ4n) is 6.47. The molecule has 0 fully saturated rings. The Morgan fingerprint density at radius 1 is 0.417 bits per heavy atom. The first-order chi connectivity index (χ1) is 23.6. The van der Waals surface area contributed by atoms with E-state index in [1.54, 1.807) is 6.08 Å². The van der Waals surface area contributed by atoms with Crippen molar-refractivity contribution in [3.05, 3.63) is 151 Å². The maximum Gasteiger partial charge on any atom is 0.164 e. The number of allylic oxidation sites excluding steroid dienone is 1. The lowest BCUT2D eigenvalue weighted by molar-refractivity contribution is 1.08. The lowest BCUT2D eigenvalue weighted by atomic mass is 9.88. The largest absolute Gasteiger partial charge is 0.299 e. The van der Waals surface area contributed by atoms with E-state index < -0.39 is 0 Å². The average molecular weight is 615 g/mol. The van der Waals surface area contributed by atoms with Crippen LogP contribution in [0.2, 0.25) is 0 Å². The van der Waals surface area contributed by atoms with Crippen LogP contribution in [0.4, 0.5) is 0 Å². The van der Waals surface area contributed by atoms with Gasteiger partial charge < -0.3 is 0 Å². The zero-order valence-electron chi connectivity index (χ0n) is 25.6. The Kier molecular flexibility index (Phi) is 6.33. The Labute approximate surface area is 276 Å². The third-order valence-corrected chi connectivity index (χ3v) is 8.92. The van der Waals surface area contributed by atoms with E-state index in [-0.39, 0.29) is 11.4 Å². The van der Waals surface area contributed by atoms with Crippen LogP contribution in [0.1, 0.15) is 11.1 Å². The van der Waals surface area contributed by atoms with Crippen LogP contribution in [-0.4, -0.2) is 31.4 Å². The van der Waals surface area contributed by atoms with Gasteiger partial charge in [0.1, 0.15) is 0 Å². The smallest absolute Gasteiger partial charge is 0.164 e. The molecule has 0 amide bonds. The number of rotatable bonds is 4. The Balaban J connectivity index is 1.27. The molecular weight excluding hydrogens is 589 g/mol. The van der Waals surface area contributed by atoms with E-state index >= 15 is 0 Å². The van der Waals surface area contributed by atoms with Gasteiger partial charge in [-0.15, -0.1) is 0 Å². The predicted octanol–water partition coefficient (Wildman–Crippen LogP) is 9.81. The van der Waals surface area contributed by atoms with E-state index in [0.29, 0.717) is 28.6 Å². The van der Waals surface area contributed by atoms with Gasteiger partial charge in [0.15, 0.2) is 17.5 Å². The summed E-state index contributed by atoms with van der Waals surface area (Å²) in [5.74, 6) is 1.69. The summed E-state index contributed by atoms with van der Waals surface area (Å²) in [6.45, 7) is 0. The monoisotopic (exact) mass is 614 g/mol. The number of hydrogen-bond donors (Lipinski definition) is 2. The van der Waals surface area contributed by atoms with Crippen molar-refractivity contribution in [2.75, 3.05) is 0 Å². The second-order valence-electron chi connectivity index (χ2n) is 11.9. The van der Waals surface area contributed by atoms with Gasteiger partial charge in [0, 0.05) is 38.8 Å². The van der Waals surface area contributed by atoms with Crippen LogP contribution in [0, 0.1) is 10.8 Å². The maximum absolute atomic E-state index is 8.86. The van der Waals surface area contributed by atoms with Crippen molar-refractivity contribution in [1.82, 2.24) is 19.9 Å². The van der Waals surface area contributed by atoms with Crippen molar-refractivity contribution in [1.29, 1.82) is 10.8 Å². The zero-order valence-corrected chi connectivity index (χ0v) is 25.6. The molecule has 224 valence electrons. The highest BCUT2D eigenvalue weighted by molar-refractivity contribution is 6.54. The van der Waals surface area contributed by atoms with Crippen LogP contribution in [0.25, 0.3) is 83.9 Å². The van der Waals surface area contributed by atoms with E-state index in [4.69, 9.17) is 30.8 Å². The fourth-order valence-corrected chi connectivity index (χ4v) is 6.47. The molecule has 6 nitrogen and oxygen atoms in total. The average Bonchev–Trinajstić information content (AvgIpc) is 3.15. The molecule has 0 saturated carbocycles. The van der Waals surface area contributed by atoms with E-state index in [1.165, 1.54) is 0 Å². The molecule has 0 bridgehead atoms. The molecule has 0 aliphatic heterocycles. The topological polar surface area (TPSA) is 99.3 Å². The summed E-state index contributed by atoms with van der Waals surface area (Å²) in [6, 6.07) is 45.0. The number of nitrogens with zero attached hydrogens (tertiary/aromatic N) is 4. The number of aromatic nitrogens is 4. The van der Waals surface area contributed by atoms with E-state index in [2.05, 4.69) is 60.7 Å². The molecule has 2 N–H and O–H groups in total. The number of fused-ring (bicyclic) bond motifs is 5. The molecular formula is C42H26N6. The zero-order chi connectivity index (χ0) is 32.2. The van der Waals surface area contributed by atoms with Gasteiger partial charge in [0.25, 0.3) is 0 Å². The second kappa shape index (κ2) is 11.0. The molecule has 0 radical (unpaired) electrons. The first kappa shape index (κ1) is 27.6. The standard InChI is InChI=1S/C42H26N6/c43-35-21-20-34-37(38(35)44)33-19-18-32(24-36(33)45-39(34)27-10-2-1-3-11-27)42-47-40(30-16-14-25-8-4-6-12-28(25)22-30)46-41(48-42)31-17-15-26-9-5-7-13-29(26)23-31/h1-24,43-44H. The molecule has 8 aromatic rings. The Bertz CT molecular complexity index is 2560. The summed E-state index contributed by atoms with van der Waals surface area (Å²) < 4.78 is 0. The number of benzene rings is 6. The highest BCUT2D eigenvalue weighted by Gasteiger charge is 2.23. The normalized spacial score (nSPS) is 12.6. The van der Waals surface area contributed by atoms with E-state index in [1.807, 2.05) is 78.9 Å². The van der Waals surface area contributed by atoms with Crippen LogP contribution < -0.4 is 0 Å². The summed E-state index contributed by atoms with van der Waals surface area (Å²) in [4.78, 5) is 20.2. The quantitative estimate of drug-likeness (QED) is 0.206. The Morgan fingerprint density at radius 3 is 1.54 bits per heavy atom. The summed E-state index contributed by atoms with van der Waals surface area (Å²) in [5.41, 5.74) is 6.93. The van der Waals surface area contributed by atoms with Crippen molar-refractivity contribution >= 4 is 49.9 Å². The van der Waals surface area contributed by atoms with Gasteiger partial charge in [-0.05, 0) is 51.9 Å². The maximum atomic E-state index is 8.86. The van der Waals surface area contributed by atoms with Gasteiger partial charge in [-0.1, -0.05) is 115 Å². The molecule has 6 aromatic carbocycles. The first-order valence-corrected chi connectivity index (χ1v) is 15.7. The van der Waals surface area contributed by atoms with Gasteiger partial charge in [-0.2, -0.15) is 0 Å². The van der Waals surface area contributed by atoms with Crippen molar-refractivity contribution in [3.63, 3.8) is 0 Å². The van der Waals surface area contributed by atoms with E-state index in [0.717, 1.165) is 60.4 Å². The van der Waals surface area contributed by atoms with Gasteiger partial charge in [0.05, 0.1) is 22.6 Å². The van der Waals surface area contributed by atoms with Crippen molar-refractivity contribution in [2.24, 2.45) is 0 Å². The minimum Gasteiger partial charge on any atom is -0.299 e. The molecule has 1 aliphatic carbocycles. The van der Waals surface area contributed by atoms with Crippen LogP contribution >= 0.6 is 0 Å². The first-order valence-electron chi connectivity index (χ1n) is 15.7. The van der Waals surface area contributed by atoms with Crippen molar-refractivity contribution in [3.8, 4) is 45.4 Å². The number of pyridine rings is 1. The Morgan fingerprint density at radius 2 is 0.938 bits per heavy atom. The summed E-state index contributed by atoms with van der Waals surface area (Å²) in [5, 5.41) is 22.6. The molecule has 0 saturated heterocycles. The molecule has 0 atom stereocenters. The third kappa shape index (κ3) is 4.66. The Hall–Kier alpha value is -6.66. The molecule has 1 aliphatic rings. The van der Waals surface area contributed by atoms with Crippen LogP contribution in [0.3, 0.4) is 0 Å². The van der Waals surface area contributed by atoms with Crippen LogP contribution in [0.5, 0.6) is 0 Å². The van der Waals surface area contributed by atoms with Crippen LogP contribution in [-0.2, 0) is 0 Å².